The van der Waals surface area contributed by atoms with E-state index in [9.17, 15) is 14.7 Å². The summed E-state index contributed by atoms with van der Waals surface area (Å²) in [6.45, 7) is 1.83. The van der Waals surface area contributed by atoms with Gasteiger partial charge in [-0.25, -0.2) is 0 Å². The SMILES string of the molecule is CCOc1ccccc1NC(=O)c1ccc(OCC(=O)[O-])cc1. The van der Waals surface area contributed by atoms with Crippen molar-refractivity contribution >= 4 is 17.6 Å². The molecule has 1 amide bonds. The number of rotatable bonds is 7. The Bertz CT molecular complexity index is 682. The first kappa shape index (κ1) is 16.4. The standard InChI is InChI=1S/C17H17NO5/c1-2-22-15-6-4-3-5-14(15)18-17(21)12-7-9-13(10-8-12)23-11-16(19)20/h3-10H,2,11H2,1H3,(H,18,21)(H,19,20)/p-1. The van der Waals surface area contributed by atoms with Crippen LogP contribution in [0.15, 0.2) is 48.5 Å². The van der Waals surface area contributed by atoms with Crippen LogP contribution in [0.3, 0.4) is 0 Å². The predicted octanol–water partition coefficient (Wildman–Crippen LogP) is 1.47. The molecule has 1 N–H and O–H groups in total. The van der Waals surface area contributed by atoms with Gasteiger partial charge >= 0.3 is 0 Å². The molecule has 0 atom stereocenters. The second-order valence-corrected chi connectivity index (χ2v) is 4.57. The van der Waals surface area contributed by atoms with E-state index >= 15 is 0 Å². The van der Waals surface area contributed by atoms with Gasteiger partial charge in [-0.1, -0.05) is 12.1 Å². The lowest BCUT2D eigenvalue weighted by Gasteiger charge is -2.11. The lowest BCUT2D eigenvalue weighted by molar-refractivity contribution is -0.307. The quantitative estimate of drug-likeness (QED) is 0.836. The van der Waals surface area contributed by atoms with Crippen LogP contribution in [-0.4, -0.2) is 25.1 Å². The lowest BCUT2D eigenvalue weighted by atomic mass is 10.2. The Morgan fingerprint density at radius 2 is 1.74 bits per heavy atom. The summed E-state index contributed by atoms with van der Waals surface area (Å²) in [5.41, 5.74) is 0.994. The van der Waals surface area contributed by atoms with E-state index in [-0.39, 0.29) is 5.91 Å². The van der Waals surface area contributed by atoms with Gasteiger partial charge in [0.2, 0.25) is 0 Å². The third kappa shape index (κ3) is 4.74. The van der Waals surface area contributed by atoms with Crippen LogP contribution in [0.5, 0.6) is 11.5 Å². The number of ether oxygens (including phenoxy) is 2. The highest BCUT2D eigenvalue weighted by Crippen LogP contribution is 2.24. The summed E-state index contributed by atoms with van der Waals surface area (Å²) >= 11 is 0. The molecule has 2 aromatic carbocycles. The highest BCUT2D eigenvalue weighted by Gasteiger charge is 2.09. The number of anilines is 1. The molecule has 0 bridgehead atoms. The summed E-state index contributed by atoms with van der Waals surface area (Å²) in [6, 6.07) is 13.3. The number of hydrogen-bond donors (Lipinski definition) is 1. The van der Waals surface area contributed by atoms with Crippen molar-refractivity contribution in [1.82, 2.24) is 0 Å². The molecule has 2 aromatic rings. The number of amides is 1. The highest BCUT2D eigenvalue weighted by atomic mass is 16.5. The van der Waals surface area contributed by atoms with E-state index in [4.69, 9.17) is 9.47 Å². The fourth-order valence-corrected chi connectivity index (χ4v) is 1.89. The van der Waals surface area contributed by atoms with Gasteiger partial charge in [0.25, 0.3) is 5.91 Å². The minimum Gasteiger partial charge on any atom is -0.546 e. The lowest BCUT2D eigenvalue weighted by Crippen LogP contribution is -2.28. The zero-order chi connectivity index (χ0) is 16.7. The predicted molar refractivity (Wildman–Crippen MR) is 82.5 cm³/mol. The van der Waals surface area contributed by atoms with Gasteiger partial charge in [0.1, 0.15) is 18.1 Å². The van der Waals surface area contributed by atoms with E-state index in [1.807, 2.05) is 13.0 Å². The summed E-state index contributed by atoms with van der Waals surface area (Å²) in [7, 11) is 0. The molecule has 2 rings (SSSR count). The minimum atomic E-state index is -1.31. The molecule has 0 aromatic heterocycles. The van der Waals surface area contributed by atoms with Crippen LogP contribution >= 0.6 is 0 Å². The van der Waals surface area contributed by atoms with Crippen molar-refractivity contribution in [2.45, 2.75) is 6.92 Å². The van der Waals surface area contributed by atoms with Gasteiger partial charge in [0.05, 0.1) is 18.3 Å². The molecular formula is C17H16NO5-. The smallest absolute Gasteiger partial charge is 0.255 e. The zero-order valence-corrected chi connectivity index (χ0v) is 12.6. The van der Waals surface area contributed by atoms with Crippen LogP contribution in [0, 0.1) is 0 Å². The minimum absolute atomic E-state index is 0.302. The van der Waals surface area contributed by atoms with Gasteiger partial charge in [-0.2, -0.15) is 0 Å². The molecule has 0 spiro atoms. The summed E-state index contributed by atoms with van der Waals surface area (Å²) in [4.78, 5) is 22.6. The number of carboxylic acids is 1. The third-order valence-corrected chi connectivity index (χ3v) is 2.91. The molecule has 6 nitrogen and oxygen atoms in total. The first-order valence-electron chi connectivity index (χ1n) is 7.06. The number of nitrogens with one attached hydrogen (secondary N) is 1. The van der Waals surface area contributed by atoms with E-state index in [1.54, 1.807) is 30.3 Å². The fourth-order valence-electron chi connectivity index (χ4n) is 1.89. The zero-order valence-electron chi connectivity index (χ0n) is 12.6. The monoisotopic (exact) mass is 314 g/mol. The summed E-state index contributed by atoms with van der Waals surface area (Å²) in [6.07, 6.45) is 0. The molecule has 23 heavy (non-hydrogen) atoms. The number of aliphatic carboxylic acids is 1. The topological polar surface area (TPSA) is 87.7 Å². The van der Waals surface area contributed by atoms with Gasteiger partial charge < -0.3 is 24.7 Å². The Balaban J connectivity index is 2.05. The molecular weight excluding hydrogens is 298 g/mol. The number of carbonyl (C=O) groups is 2. The van der Waals surface area contributed by atoms with Crippen LogP contribution in [-0.2, 0) is 4.79 Å². The van der Waals surface area contributed by atoms with Gasteiger partial charge in [0.15, 0.2) is 0 Å². The number of para-hydroxylation sites is 2. The molecule has 0 fully saturated rings. The van der Waals surface area contributed by atoms with Crippen LogP contribution < -0.4 is 19.9 Å². The van der Waals surface area contributed by atoms with Crippen LogP contribution in [0.4, 0.5) is 5.69 Å². The van der Waals surface area contributed by atoms with E-state index < -0.39 is 12.6 Å². The van der Waals surface area contributed by atoms with Crippen LogP contribution in [0.1, 0.15) is 17.3 Å². The summed E-state index contributed by atoms with van der Waals surface area (Å²) in [5.74, 6) is -0.666. The van der Waals surface area contributed by atoms with Crippen molar-refractivity contribution in [3.05, 3.63) is 54.1 Å². The Morgan fingerprint density at radius 3 is 2.39 bits per heavy atom. The summed E-state index contributed by atoms with van der Waals surface area (Å²) < 4.78 is 10.4. The van der Waals surface area contributed by atoms with Crippen LogP contribution in [0.25, 0.3) is 0 Å². The molecule has 0 aliphatic rings. The second-order valence-electron chi connectivity index (χ2n) is 4.57. The van der Waals surface area contributed by atoms with E-state index in [0.717, 1.165) is 0 Å². The maximum absolute atomic E-state index is 12.2. The maximum Gasteiger partial charge on any atom is 0.255 e. The highest BCUT2D eigenvalue weighted by molar-refractivity contribution is 6.05. The average Bonchev–Trinajstić information content (AvgIpc) is 2.55. The normalized spacial score (nSPS) is 9.96. The number of hydrogen-bond acceptors (Lipinski definition) is 5. The van der Waals surface area contributed by atoms with E-state index in [0.29, 0.717) is 29.4 Å². The van der Waals surface area contributed by atoms with E-state index in [1.165, 1.54) is 12.1 Å². The molecule has 0 aliphatic carbocycles. The largest absolute Gasteiger partial charge is 0.546 e. The Hall–Kier alpha value is -3.02. The fraction of sp³-hybridized carbons (Fsp3) is 0.176. The Morgan fingerprint density at radius 1 is 1.04 bits per heavy atom. The molecule has 0 radical (unpaired) electrons. The first-order chi connectivity index (χ1) is 11.1. The van der Waals surface area contributed by atoms with Crippen molar-refractivity contribution in [3.63, 3.8) is 0 Å². The molecule has 0 heterocycles. The molecule has 0 aliphatic heterocycles. The molecule has 120 valence electrons. The average molecular weight is 314 g/mol. The number of benzene rings is 2. The van der Waals surface area contributed by atoms with Gasteiger partial charge in [-0.15, -0.1) is 0 Å². The Kier molecular flexibility index (Phi) is 5.57. The number of carboxylic acid groups (broad SMARTS) is 1. The molecule has 0 saturated carbocycles. The first-order valence-corrected chi connectivity index (χ1v) is 7.06. The molecule has 0 saturated heterocycles. The van der Waals surface area contributed by atoms with Crippen LogP contribution in [0.2, 0.25) is 0 Å². The second kappa shape index (κ2) is 7.84. The number of carbonyl (C=O) groups excluding carboxylic acids is 2. The molecule has 0 unspecified atom stereocenters. The summed E-state index contributed by atoms with van der Waals surface area (Å²) in [5, 5.41) is 13.1. The van der Waals surface area contributed by atoms with Crippen molar-refractivity contribution in [2.75, 3.05) is 18.5 Å². The van der Waals surface area contributed by atoms with Gasteiger partial charge in [0, 0.05) is 5.56 Å². The molecule has 6 heteroatoms. The van der Waals surface area contributed by atoms with Crippen molar-refractivity contribution in [1.29, 1.82) is 0 Å². The van der Waals surface area contributed by atoms with Crippen molar-refractivity contribution in [2.24, 2.45) is 0 Å². The maximum atomic E-state index is 12.2. The third-order valence-electron chi connectivity index (χ3n) is 2.91. The van der Waals surface area contributed by atoms with Gasteiger partial charge in [-0.05, 0) is 43.3 Å². The van der Waals surface area contributed by atoms with Crippen molar-refractivity contribution < 1.29 is 24.2 Å². The van der Waals surface area contributed by atoms with Gasteiger partial charge in [-0.3, -0.25) is 4.79 Å². The van der Waals surface area contributed by atoms with Crippen molar-refractivity contribution in [3.8, 4) is 11.5 Å². The van der Waals surface area contributed by atoms with E-state index in [2.05, 4.69) is 5.32 Å². The Labute approximate surface area is 133 Å².